The molecule has 0 spiro atoms. The molecule has 2 aliphatic heterocycles. The van der Waals surface area contributed by atoms with E-state index in [1.165, 1.54) is 11.8 Å². The lowest BCUT2D eigenvalue weighted by atomic mass is 9.99. The summed E-state index contributed by atoms with van der Waals surface area (Å²) in [6.07, 6.45) is 6.34. The van der Waals surface area contributed by atoms with Gasteiger partial charge in [0, 0.05) is 11.1 Å². The Balaban J connectivity index is 1.51. The molecule has 13 heteroatoms. The number of aromatic nitrogens is 1. The normalized spacial score (nSPS) is 22.2. The maximum absolute atomic E-state index is 13.5. The Labute approximate surface area is 228 Å². The number of nitrogens with one attached hydrogen (secondary N) is 2. The molecule has 0 radical (unpaired) electrons. The number of thioether (sulfide) groups is 1. The van der Waals surface area contributed by atoms with Crippen molar-refractivity contribution in [3.63, 3.8) is 0 Å². The van der Waals surface area contributed by atoms with Gasteiger partial charge in [-0.2, -0.15) is 0 Å². The van der Waals surface area contributed by atoms with Gasteiger partial charge in [0.2, 0.25) is 0 Å². The summed E-state index contributed by atoms with van der Waals surface area (Å²) in [5.74, 6) is -1.62. The molecule has 0 unspecified atom stereocenters. The van der Waals surface area contributed by atoms with Gasteiger partial charge >= 0.3 is 12.1 Å². The monoisotopic (exact) mass is 564 g/mol. The average Bonchev–Trinajstić information content (AvgIpc) is 3.52. The molecule has 38 heavy (non-hydrogen) atoms. The number of hydrogen-bond acceptors (Lipinski definition) is 9. The minimum absolute atomic E-state index is 0.221. The second kappa shape index (κ2) is 11.5. The molecule has 11 nitrogen and oxygen atoms in total. The van der Waals surface area contributed by atoms with Crippen molar-refractivity contribution in [2.75, 3.05) is 17.7 Å². The van der Waals surface area contributed by atoms with E-state index < -0.39 is 47.5 Å². The van der Waals surface area contributed by atoms with Gasteiger partial charge in [0.1, 0.15) is 22.7 Å². The molecular weight excluding hydrogens is 532 g/mol. The lowest BCUT2D eigenvalue weighted by Gasteiger charge is -2.49. The van der Waals surface area contributed by atoms with Gasteiger partial charge in [0.25, 0.3) is 11.8 Å². The van der Waals surface area contributed by atoms with Gasteiger partial charge in [-0.3, -0.25) is 19.8 Å². The number of fused-ring (bicyclic) bond motifs is 1. The first-order valence-electron chi connectivity index (χ1n) is 12.5. The van der Waals surface area contributed by atoms with Crippen molar-refractivity contribution in [2.24, 2.45) is 5.92 Å². The van der Waals surface area contributed by atoms with E-state index in [2.05, 4.69) is 15.6 Å². The molecule has 1 aromatic heterocycles. The molecule has 1 saturated heterocycles. The molecule has 1 saturated carbocycles. The van der Waals surface area contributed by atoms with E-state index in [9.17, 15) is 29.4 Å². The Bertz CT molecular complexity index is 1180. The molecule has 0 bridgehead atoms. The Morgan fingerprint density at radius 2 is 1.97 bits per heavy atom. The summed E-state index contributed by atoms with van der Waals surface area (Å²) in [5, 5.41) is 25.8. The fraction of sp³-hybridized carbons (Fsp3) is 0.560. The molecule has 1 aromatic rings. The molecule has 3 heterocycles. The predicted octanol–water partition coefficient (Wildman–Crippen LogP) is 3.18. The average molecular weight is 565 g/mol. The van der Waals surface area contributed by atoms with Crippen LogP contribution in [0.15, 0.2) is 22.7 Å². The molecule has 4 N–H and O–H groups in total. The van der Waals surface area contributed by atoms with Crippen LogP contribution in [0.5, 0.6) is 0 Å². The number of carbonyl (C=O) groups is 4. The van der Waals surface area contributed by atoms with E-state index in [1.807, 2.05) is 6.08 Å². The maximum Gasteiger partial charge on any atom is 0.413 e. The highest BCUT2D eigenvalue weighted by molar-refractivity contribution is 8.00. The van der Waals surface area contributed by atoms with Crippen molar-refractivity contribution in [2.45, 2.75) is 69.9 Å². The molecule has 3 amide bonds. The topological polar surface area (TPSA) is 158 Å². The molecule has 206 valence electrons. The zero-order chi connectivity index (χ0) is 27.6. The first-order chi connectivity index (χ1) is 18.0. The van der Waals surface area contributed by atoms with Crippen LogP contribution in [0, 0.1) is 5.92 Å². The maximum atomic E-state index is 13.5. The van der Waals surface area contributed by atoms with Gasteiger partial charge in [-0.05, 0) is 38.7 Å². The van der Waals surface area contributed by atoms with Crippen LogP contribution in [0.3, 0.4) is 0 Å². The smallest absolute Gasteiger partial charge is 0.413 e. The van der Waals surface area contributed by atoms with Crippen molar-refractivity contribution in [3.8, 4) is 0 Å². The van der Waals surface area contributed by atoms with Crippen LogP contribution in [-0.2, 0) is 19.1 Å². The summed E-state index contributed by atoms with van der Waals surface area (Å²) in [6, 6.07) is -0.907. The fourth-order valence-corrected chi connectivity index (χ4v) is 6.75. The highest BCUT2D eigenvalue weighted by atomic mass is 32.2. The van der Waals surface area contributed by atoms with E-state index in [4.69, 9.17) is 4.74 Å². The SMILES string of the molecule is CC(C)(C)OC(=O)Nc1nc(/C(=C\CC2CCCC2)C(=O)N[C@@H]2C(=O)N3C(C(=O)O)=C(CO)CS[C@H]23)cs1. The van der Waals surface area contributed by atoms with Crippen LogP contribution in [0.4, 0.5) is 9.93 Å². The standard InChI is InChI=1S/C25H32N4O7S2/c1-25(2,3)36-24(35)28-23-26-16(12-38-23)15(9-8-13-6-4-5-7-13)19(31)27-17-20(32)29-18(22(33)34)14(10-30)11-37-21(17)29/h9,12-13,17,21,30H,4-8,10-11H2,1-3H3,(H,27,31)(H,33,34)(H,26,28,35)/b15-9+/t17-,21-/m1/s1. The Hall–Kier alpha value is -2.90. The zero-order valence-electron chi connectivity index (χ0n) is 21.5. The second-order valence-electron chi connectivity index (χ2n) is 10.4. The van der Waals surface area contributed by atoms with Gasteiger partial charge in [-0.1, -0.05) is 31.8 Å². The number of ether oxygens (including phenoxy) is 1. The van der Waals surface area contributed by atoms with Gasteiger partial charge in [0.05, 0.1) is 17.9 Å². The van der Waals surface area contributed by atoms with Crippen molar-refractivity contribution in [1.29, 1.82) is 0 Å². The number of aliphatic hydroxyl groups excluding tert-OH is 1. The predicted molar refractivity (Wildman–Crippen MR) is 143 cm³/mol. The number of thiazole rings is 1. The number of aliphatic hydroxyl groups is 1. The number of amides is 3. The van der Waals surface area contributed by atoms with Crippen LogP contribution in [0.2, 0.25) is 0 Å². The summed E-state index contributed by atoms with van der Waals surface area (Å²) in [7, 11) is 0. The molecule has 1 aliphatic carbocycles. The number of carboxylic acids is 1. The Kier molecular flexibility index (Phi) is 8.48. The molecule has 3 aliphatic rings. The Morgan fingerprint density at radius 1 is 1.26 bits per heavy atom. The van der Waals surface area contributed by atoms with E-state index in [-0.39, 0.29) is 22.2 Å². The molecule has 2 fully saturated rings. The Morgan fingerprint density at radius 3 is 2.61 bits per heavy atom. The van der Waals surface area contributed by atoms with Crippen molar-refractivity contribution < 1.29 is 34.1 Å². The summed E-state index contributed by atoms with van der Waals surface area (Å²) in [6.45, 7) is 4.80. The third kappa shape index (κ3) is 6.21. The van der Waals surface area contributed by atoms with Crippen LogP contribution >= 0.6 is 23.1 Å². The number of carboxylic acid groups (broad SMARTS) is 1. The minimum Gasteiger partial charge on any atom is -0.477 e. The number of nitrogens with zero attached hydrogens (tertiary/aromatic N) is 2. The van der Waals surface area contributed by atoms with Gasteiger partial charge in [0.15, 0.2) is 5.13 Å². The highest BCUT2D eigenvalue weighted by Crippen LogP contribution is 2.40. The van der Waals surface area contributed by atoms with Gasteiger partial charge in [-0.15, -0.1) is 23.1 Å². The van der Waals surface area contributed by atoms with Crippen molar-refractivity contribution in [1.82, 2.24) is 15.2 Å². The number of rotatable bonds is 8. The number of β-lactam (4-membered cyclic amide) rings is 1. The summed E-state index contributed by atoms with van der Waals surface area (Å²) in [4.78, 5) is 55.8. The van der Waals surface area contributed by atoms with Crippen LogP contribution < -0.4 is 10.6 Å². The number of allylic oxidation sites excluding steroid dienone is 1. The fourth-order valence-electron chi connectivity index (χ4n) is 4.71. The number of aliphatic carboxylic acids is 1. The minimum atomic E-state index is -1.29. The molecule has 2 atom stereocenters. The summed E-state index contributed by atoms with van der Waals surface area (Å²) >= 11 is 2.45. The zero-order valence-corrected chi connectivity index (χ0v) is 23.1. The van der Waals surface area contributed by atoms with Gasteiger partial charge < -0.3 is 20.3 Å². The first-order valence-corrected chi connectivity index (χ1v) is 14.4. The number of carbonyl (C=O) groups excluding carboxylic acids is 3. The largest absolute Gasteiger partial charge is 0.477 e. The lowest BCUT2D eigenvalue weighted by Crippen LogP contribution is -2.70. The van der Waals surface area contributed by atoms with Crippen molar-refractivity contribution in [3.05, 3.63) is 28.4 Å². The van der Waals surface area contributed by atoms with Crippen LogP contribution in [-0.4, -0.2) is 73.4 Å². The highest BCUT2D eigenvalue weighted by Gasteiger charge is 2.54. The van der Waals surface area contributed by atoms with Crippen molar-refractivity contribution >= 4 is 57.7 Å². The van der Waals surface area contributed by atoms with E-state index >= 15 is 0 Å². The van der Waals surface area contributed by atoms with Crippen LogP contribution in [0.1, 0.15) is 58.6 Å². The quantitative estimate of drug-likeness (QED) is 0.275. The third-order valence-electron chi connectivity index (χ3n) is 6.49. The second-order valence-corrected chi connectivity index (χ2v) is 12.4. The molecular formula is C25H32N4O7S2. The van der Waals surface area contributed by atoms with E-state index in [0.29, 0.717) is 23.6 Å². The third-order valence-corrected chi connectivity index (χ3v) is 8.59. The van der Waals surface area contributed by atoms with Crippen LogP contribution in [0.25, 0.3) is 5.57 Å². The number of hydrogen-bond donors (Lipinski definition) is 4. The number of anilines is 1. The first kappa shape index (κ1) is 28.1. The summed E-state index contributed by atoms with van der Waals surface area (Å²) in [5.41, 5.74) is 0.0277. The van der Waals surface area contributed by atoms with Gasteiger partial charge in [-0.25, -0.2) is 14.6 Å². The molecule has 4 rings (SSSR count). The van der Waals surface area contributed by atoms with E-state index in [1.54, 1.807) is 26.2 Å². The molecule has 0 aromatic carbocycles. The van der Waals surface area contributed by atoms with E-state index in [0.717, 1.165) is 41.9 Å². The summed E-state index contributed by atoms with van der Waals surface area (Å²) < 4.78 is 5.27. The lowest BCUT2D eigenvalue weighted by molar-refractivity contribution is -0.150.